The number of carbonyl (C=O) groups is 1. The van der Waals surface area contributed by atoms with Gasteiger partial charge in [-0.15, -0.1) is 0 Å². The zero-order chi connectivity index (χ0) is 14.2. The molecule has 1 saturated heterocycles. The molecule has 0 N–H and O–H groups in total. The van der Waals surface area contributed by atoms with Crippen molar-refractivity contribution >= 4 is 11.6 Å². The molecule has 20 heavy (non-hydrogen) atoms. The lowest BCUT2D eigenvalue weighted by molar-refractivity contribution is -0.133. The molecule has 1 fully saturated rings. The smallest absolute Gasteiger partial charge is 0.242 e. The maximum atomic E-state index is 12.3. The van der Waals surface area contributed by atoms with E-state index in [1.54, 1.807) is 0 Å². The molecular formula is C15H19N3O2. The second kappa shape index (κ2) is 7.51. The van der Waals surface area contributed by atoms with Gasteiger partial charge >= 0.3 is 0 Å². The Labute approximate surface area is 119 Å². The molecule has 1 aliphatic heterocycles. The van der Waals surface area contributed by atoms with Gasteiger partial charge in [-0.1, -0.05) is 18.2 Å². The maximum Gasteiger partial charge on any atom is 0.242 e. The number of morpholine rings is 1. The lowest BCUT2D eigenvalue weighted by Gasteiger charge is -2.30. The summed E-state index contributed by atoms with van der Waals surface area (Å²) in [6.07, 6.45) is 0.408. The molecule has 0 unspecified atom stereocenters. The Kier molecular flexibility index (Phi) is 5.39. The minimum atomic E-state index is 0.0927. The van der Waals surface area contributed by atoms with Crippen LogP contribution >= 0.6 is 0 Å². The summed E-state index contributed by atoms with van der Waals surface area (Å²) in [5.41, 5.74) is 0.976. The highest BCUT2D eigenvalue weighted by atomic mass is 16.5. The molecule has 5 heteroatoms. The number of nitrogens with zero attached hydrogens (tertiary/aromatic N) is 3. The Morgan fingerprint density at radius 1 is 1.30 bits per heavy atom. The van der Waals surface area contributed by atoms with E-state index in [0.29, 0.717) is 45.8 Å². The molecule has 1 aromatic rings. The SMILES string of the molecule is N#CCCN(CC(=O)N1CCOCC1)c1ccccc1. The van der Waals surface area contributed by atoms with Crippen LogP contribution in [0.3, 0.4) is 0 Å². The first-order valence-corrected chi connectivity index (χ1v) is 6.83. The normalized spacial score (nSPS) is 14.7. The van der Waals surface area contributed by atoms with Gasteiger partial charge in [0.05, 0.1) is 32.2 Å². The molecule has 1 aliphatic rings. The first-order chi connectivity index (χ1) is 9.81. The van der Waals surface area contributed by atoms with Crippen LogP contribution in [-0.2, 0) is 9.53 Å². The minimum Gasteiger partial charge on any atom is -0.378 e. The molecule has 0 radical (unpaired) electrons. The Morgan fingerprint density at radius 3 is 2.65 bits per heavy atom. The van der Waals surface area contributed by atoms with E-state index < -0.39 is 0 Å². The van der Waals surface area contributed by atoms with E-state index in [9.17, 15) is 4.79 Å². The summed E-state index contributed by atoms with van der Waals surface area (Å²) in [4.78, 5) is 16.1. The molecule has 0 aromatic heterocycles. The zero-order valence-corrected chi connectivity index (χ0v) is 11.5. The van der Waals surface area contributed by atoms with Crippen molar-refractivity contribution in [1.82, 2.24) is 4.90 Å². The Morgan fingerprint density at radius 2 is 2.00 bits per heavy atom. The molecule has 0 saturated carbocycles. The van der Waals surface area contributed by atoms with Crippen LogP contribution in [0.2, 0.25) is 0 Å². The largest absolute Gasteiger partial charge is 0.378 e. The minimum absolute atomic E-state index is 0.0927. The summed E-state index contributed by atoms with van der Waals surface area (Å²) < 4.78 is 5.25. The van der Waals surface area contributed by atoms with Crippen LogP contribution in [-0.4, -0.2) is 50.2 Å². The number of hydrogen-bond donors (Lipinski definition) is 0. The highest BCUT2D eigenvalue weighted by Crippen LogP contribution is 2.14. The number of amides is 1. The van der Waals surface area contributed by atoms with Crippen molar-refractivity contribution in [2.75, 3.05) is 44.3 Å². The molecule has 0 atom stereocenters. The Hall–Kier alpha value is -2.06. The quantitative estimate of drug-likeness (QED) is 0.810. The average molecular weight is 273 g/mol. The summed E-state index contributed by atoms with van der Waals surface area (Å²) in [5.74, 6) is 0.0927. The predicted octanol–water partition coefficient (Wildman–Crippen LogP) is 1.27. The van der Waals surface area contributed by atoms with Crippen LogP contribution in [0.1, 0.15) is 6.42 Å². The second-order valence-corrected chi connectivity index (χ2v) is 4.66. The van der Waals surface area contributed by atoms with Gasteiger partial charge in [0.2, 0.25) is 5.91 Å². The molecule has 0 spiro atoms. The van der Waals surface area contributed by atoms with Gasteiger partial charge in [0.1, 0.15) is 0 Å². The van der Waals surface area contributed by atoms with Gasteiger partial charge in [0, 0.05) is 25.3 Å². The van der Waals surface area contributed by atoms with Gasteiger partial charge in [0.15, 0.2) is 0 Å². The fourth-order valence-corrected chi connectivity index (χ4v) is 2.20. The summed E-state index contributed by atoms with van der Waals surface area (Å²) in [5, 5.41) is 8.76. The monoisotopic (exact) mass is 273 g/mol. The summed E-state index contributed by atoms with van der Waals surface area (Å²) in [6.45, 7) is 3.40. The van der Waals surface area contributed by atoms with Gasteiger partial charge in [-0.05, 0) is 12.1 Å². The number of ether oxygens (including phenoxy) is 1. The third kappa shape index (κ3) is 3.97. The van der Waals surface area contributed by atoms with Crippen LogP contribution in [0.4, 0.5) is 5.69 Å². The van der Waals surface area contributed by atoms with Crippen molar-refractivity contribution in [2.24, 2.45) is 0 Å². The Balaban J connectivity index is 2.00. The summed E-state index contributed by atoms with van der Waals surface area (Å²) in [7, 11) is 0. The molecule has 5 nitrogen and oxygen atoms in total. The first-order valence-electron chi connectivity index (χ1n) is 6.83. The van der Waals surface area contributed by atoms with Crippen LogP contribution in [0.15, 0.2) is 30.3 Å². The van der Waals surface area contributed by atoms with Gasteiger partial charge < -0.3 is 14.5 Å². The molecule has 1 amide bonds. The maximum absolute atomic E-state index is 12.3. The number of hydrogen-bond acceptors (Lipinski definition) is 4. The van der Waals surface area contributed by atoms with E-state index in [1.165, 1.54) is 0 Å². The molecule has 0 aliphatic carbocycles. The molecule has 0 bridgehead atoms. The van der Waals surface area contributed by atoms with Gasteiger partial charge in [-0.3, -0.25) is 4.79 Å². The second-order valence-electron chi connectivity index (χ2n) is 4.66. The van der Waals surface area contributed by atoms with E-state index in [2.05, 4.69) is 6.07 Å². The van der Waals surface area contributed by atoms with Crippen molar-refractivity contribution in [3.05, 3.63) is 30.3 Å². The van der Waals surface area contributed by atoms with E-state index in [0.717, 1.165) is 5.69 Å². The van der Waals surface area contributed by atoms with Crippen molar-refractivity contribution in [3.8, 4) is 6.07 Å². The van der Waals surface area contributed by atoms with E-state index in [-0.39, 0.29) is 5.91 Å². The first kappa shape index (κ1) is 14.4. The molecular weight excluding hydrogens is 254 g/mol. The topological polar surface area (TPSA) is 56.6 Å². The number of rotatable bonds is 5. The van der Waals surface area contributed by atoms with Crippen molar-refractivity contribution in [3.63, 3.8) is 0 Å². The highest BCUT2D eigenvalue weighted by Gasteiger charge is 2.19. The van der Waals surface area contributed by atoms with E-state index in [4.69, 9.17) is 10.00 Å². The average Bonchev–Trinajstić information content (AvgIpc) is 2.53. The number of nitriles is 1. The van der Waals surface area contributed by atoms with Crippen molar-refractivity contribution < 1.29 is 9.53 Å². The molecule has 2 rings (SSSR count). The molecule has 1 heterocycles. The number of para-hydroxylation sites is 1. The molecule has 106 valence electrons. The number of benzene rings is 1. The van der Waals surface area contributed by atoms with Gasteiger partial charge in [-0.25, -0.2) is 0 Å². The van der Waals surface area contributed by atoms with Crippen LogP contribution in [0.25, 0.3) is 0 Å². The Bertz CT molecular complexity index is 464. The third-order valence-electron chi connectivity index (χ3n) is 3.30. The van der Waals surface area contributed by atoms with E-state index >= 15 is 0 Å². The van der Waals surface area contributed by atoms with Gasteiger partial charge in [-0.2, -0.15) is 5.26 Å². The number of anilines is 1. The van der Waals surface area contributed by atoms with E-state index in [1.807, 2.05) is 40.1 Å². The third-order valence-corrected chi connectivity index (χ3v) is 3.30. The fourth-order valence-electron chi connectivity index (χ4n) is 2.20. The van der Waals surface area contributed by atoms with Gasteiger partial charge in [0.25, 0.3) is 0 Å². The van der Waals surface area contributed by atoms with Crippen LogP contribution < -0.4 is 4.90 Å². The van der Waals surface area contributed by atoms with Crippen molar-refractivity contribution in [1.29, 1.82) is 5.26 Å². The highest BCUT2D eigenvalue weighted by molar-refractivity contribution is 5.81. The number of carbonyl (C=O) groups excluding carboxylic acids is 1. The zero-order valence-electron chi connectivity index (χ0n) is 11.5. The summed E-state index contributed by atoms with van der Waals surface area (Å²) >= 11 is 0. The standard InChI is InChI=1S/C15H19N3O2/c16-7-4-8-18(14-5-2-1-3-6-14)13-15(19)17-9-11-20-12-10-17/h1-3,5-6H,4,8-13H2. The predicted molar refractivity (Wildman–Crippen MR) is 76.3 cm³/mol. The lowest BCUT2D eigenvalue weighted by Crippen LogP contribution is -2.46. The fraction of sp³-hybridized carbons (Fsp3) is 0.467. The molecule has 1 aromatic carbocycles. The van der Waals surface area contributed by atoms with Crippen molar-refractivity contribution in [2.45, 2.75) is 6.42 Å². The lowest BCUT2D eigenvalue weighted by atomic mass is 10.2. The van der Waals surface area contributed by atoms with Crippen LogP contribution in [0, 0.1) is 11.3 Å². The van der Waals surface area contributed by atoms with Crippen LogP contribution in [0.5, 0.6) is 0 Å². The summed E-state index contributed by atoms with van der Waals surface area (Å²) in [6, 6.07) is 11.9.